The van der Waals surface area contributed by atoms with E-state index in [2.05, 4.69) is 5.32 Å². The lowest BCUT2D eigenvalue weighted by Crippen LogP contribution is -2.54. The van der Waals surface area contributed by atoms with Crippen molar-refractivity contribution in [2.24, 2.45) is 0 Å². The maximum absolute atomic E-state index is 13.0. The Kier molecular flexibility index (Phi) is 5.23. The van der Waals surface area contributed by atoms with Gasteiger partial charge in [-0.1, -0.05) is 24.3 Å². The molecule has 2 aromatic rings. The second-order valence-electron chi connectivity index (χ2n) is 5.90. The van der Waals surface area contributed by atoms with Crippen molar-refractivity contribution in [1.82, 2.24) is 5.32 Å². The number of nitrogens with zero attached hydrogens (tertiary/aromatic N) is 1. The highest BCUT2D eigenvalue weighted by Crippen LogP contribution is 2.29. The van der Waals surface area contributed by atoms with Gasteiger partial charge in [-0.15, -0.1) is 0 Å². The predicted octanol–water partition coefficient (Wildman–Crippen LogP) is 2.93. The van der Waals surface area contributed by atoms with Crippen LogP contribution in [0.25, 0.3) is 6.08 Å². The van der Waals surface area contributed by atoms with Gasteiger partial charge >= 0.3 is 0 Å². The number of phenolic OH excluding ortho intramolecular Hbond substituents is 1. The Morgan fingerprint density at radius 1 is 1.22 bits per heavy atom. The SMILES string of the molecule is CCOc1cc(C=C2C(=O)NC(=S)N(c3ccccc3C)C2=O)ccc1O. The molecule has 1 fully saturated rings. The first kappa shape index (κ1) is 18.6. The number of nitrogens with one attached hydrogen (secondary N) is 1. The van der Waals surface area contributed by atoms with Crippen LogP contribution >= 0.6 is 12.2 Å². The van der Waals surface area contributed by atoms with Crippen LogP contribution in [0.5, 0.6) is 11.5 Å². The van der Waals surface area contributed by atoms with Gasteiger partial charge in [0, 0.05) is 0 Å². The Labute approximate surface area is 162 Å². The van der Waals surface area contributed by atoms with Crippen LogP contribution in [0.3, 0.4) is 0 Å². The van der Waals surface area contributed by atoms with Gasteiger partial charge in [0.2, 0.25) is 0 Å². The third-order valence-corrected chi connectivity index (χ3v) is 4.34. The number of thiocarbonyl (C=S) groups is 1. The maximum Gasteiger partial charge on any atom is 0.270 e. The molecule has 3 rings (SSSR count). The minimum atomic E-state index is -0.569. The topological polar surface area (TPSA) is 78.9 Å². The molecule has 2 N–H and O–H groups in total. The van der Waals surface area contributed by atoms with Crippen LogP contribution in [0.1, 0.15) is 18.1 Å². The smallest absolute Gasteiger partial charge is 0.270 e. The monoisotopic (exact) mass is 382 g/mol. The Hall–Kier alpha value is -3.19. The van der Waals surface area contributed by atoms with Crippen molar-refractivity contribution in [2.45, 2.75) is 13.8 Å². The number of rotatable bonds is 4. The Morgan fingerprint density at radius 2 is 1.96 bits per heavy atom. The van der Waals surface area contributed by atoms with E-state index in [1.54, 1.807) is 31.2 Å². The van der Waals surface area contributed by atoms with Crippen molar-refractivity contribution in [3.8, 4) is 11.5 Å². The van der Waals surface area contributed by atoms with E-state index in [0.717, 1.165) is 5.56 Å². The first-order valence-corrected chi connectivity index (χ1v) is 8.76. The molecule has 0 aliphatic carbocycles. The first-order chi connectivity index (χ1) is 12.9. The number of phenols is 1. The molecular weight excluding hydrogens is 364 g/mol. The van der Waals surface area contributed by atoms with Gasteiger partial charge in [-0.3, -0.25) is 19.8 Å². The van der Waals surface area contributed by atoms with E-state index in [9.17, 15) is 14.7 Å². The molecule has 0 unspecified atom stereocenters. The predicted molar refractivity (Wildman–Crippen MR) is 107 cm³/mol. The molecule has 1 aliphatic heterocycles. The molecule has 27 heavy (non-hydrogen) atoms. The van der Waals surface area contributed by atoms with Crippen LogP contribution < -0.4 is 15.0 Å². The number of carbonyl (C=O) groups is 2. The third kappa shape index (κ3) is 3.68. The molecule has 0 spiro atoms. The molecule has 1 heterocycles. The molecule has 1 saturated heterocycles. The third-order valence-electron chi connectivity index (χ3n) is 4.05. The number of carbonyl (C=O) groups excluding carboxylic acids is 2. The highest BCUT2D eigenvalue weighted by atomic mass is 32.1. The van der Waals surface area contributed by atoms with Crippen molar-refractivity contribution < 1.29 is 19.4 Å². The quantitative estimate of drug-likeness (QED) is 0.483. The summed E-state index contributed by atoms with van der Waals surface area (Å²) in [6.07, 6.45) is 1.45. The molecule has 0 radical (unpaired) electrons. The number of hydrogen-bond acceptors (Lipinski definition) is 5. The number of aromatic hydroxyl groups is 1. The average Bonchev–Trinajstić information content (AvgIpc) is 2.63. The number of ether oxygens (including phenoxy) is 1. The lowest BCUT2D eigenvalue weighted by Gasteiger charge is -2.30. The molecule has 0 saturated carbocycles. The Bertz CT molecular complexity index is 968. The molecule has 1 aliphatic rings. The zero-order valence-corrected chi connectivity index (χ0v) is 15.7. The van der Waals surface area contributed by atoms with Gasteiger partial charge in [-0.2, -0.15) is 0 Å². The van der Waals surface area contributed by atoms with E-state index >= 15 is 0 Å². The molecule has 6 nitrogen and oxygen atoms in total. The van der Waals surface area contributed by atoms with Gasteiger partial charge in [0.25, 0.3) is 11.8 Å². The molecule has 0 bridgehead atoms. The van der Waals surface area contributed by atoms with Gasteiger partial charge < -0.3 is 9.84 Å². The largest absolute Gasteiger partial charge is 0.504 e. The van der Waals surface area contributed by atoms with Crippen molar-refractivity contribution in [1.29, 1.82) is 0 Å². The van der Waals surface area contributed by atoms with Gasteiger partial charge in [0.15, 0.2) is 16.6 Å². The fourth-order valence-electron chi connectivity index (χ4n) is 2.75. The van der Waals surface area contributed by atoms with Crippen LogP contribution in [-0.4, -0.2) is 28.6 Å². The number of hydrogen-bond donors (Lipinski definition) is 2. The van der Waals surface area contributed by atoms with Crippen LogP contribution in [-0.2, 0) is 9.59 Å². The van der Waals surface area contributed by atoms with Crippen molar-refractivity contribution in [2.75, 3.05) is 11.5 Å². The van der Waals surface area contributed by atoms with E-state index in [-0.39, 0.29) is 22.2 Å². The Morgan fingerprint density at radius 3 is 2.67 bits per heavy atom. The lowest BCUT2D eigenvalue weighted by molar-refractivity contribution is -0.122. The van der Waals surface area contributed by atoms with Crippen LogP contribution in [0.4, 0.5) is 5.69 Å². The fourth-order valence-corrected chi connectivity index (χ4v) is 3.02. The van der Waals surface area contributed by atoms with Crippen LogP contribution in [0.15, 0.2) is 48.0 Å². The summed E-state index contributed by atoms with van der Waals surface area (Å²) in [5.41, 5.74) is 1.96. The normalized spacial score (nSPS) is 15.9. The lowest BCUT2D eigenvalue weighted by atomic mass is 10.1. The second-order valence-corrected chi connectivity index (χ2v) is 6.29. The van der Waals surface area contributed by atoms with Crippen LogP contribution in [0, 0.1) is 6.92 Å². The fraction of sp³-hybridized carbons (Fsp3) is 0.150. The minimum absolute atomic E-state index is 0.0128. The van der Waals surface area contributed by atoms with Gasteiger partial charge in [-0.05, 0) is 61.5 Å². The number of aryl methyl sites for hydroxylation is 1. The van der Waals surface area contributed by atoms with Gasteiger partial charge in [0.05, 0.1) is 12.3 Å². The summed E-state index contributed by atoms with van der Waals surface area (Å²) >= 11 is 5.21. The summed E-state index contributed by atoms with van der Waals surface area (Å²) in [5.74, 6) is -0.812. The summed E-state index contributed by atoms with van der Waals surface area (Å²) in [6, 6.07) is 11.9. The first-order valence-electron chi connectivity index (χ1n) is 8.35. The van der Waals surface area contributed by atoms with E-state index < -0.39 is 11.8 Å². The average molecular weight is 382 g/mol. The molecule has 2 aromatic carbocycles. The van der Waals surface area contributed by atoms with Gasteiger partial charge in [-0.25, -0.2) is 0 Å². The number of anilines is 1. The zero-order chi connectivity index (χ0) is 19.6. The summed E-state index contributed by atoms with van der Waals surface area (Å²) < 4.78 is 5.35. The Balaban J connectivity index is 2.02. The highest BCUT2D eigenvalue weighted by Gasteiger charge is 2.35. The summed E-state index contributed by atoms with van der Waals surface area (Å²) in [4.78, 5) is 26.7. The van der Waals surface area contributed by atoms with E-state index in [4.69, 9.17) is 17.0 Å². The summed E-state index contributed by atoms with van der Waals surface area (Å²) in [7, 11) is 0. The number of benzene rings is 2. The van der Waals surface area contributed by atoms with E-state index in [1.807, 2.05) is 19.1 Å². The summed E-state index contributed by atoms with van der Waals surface area (Å²) in [5, 5.41) is 12.4. The standard InChI is InChI=1S/C20H18N2O4S/c1-3-26-17-11-13(8-9-16(17)23)10-14-18(24)21-20(27)22(19(14)25)15-7-5-4-6-12(15)2/h4-11,23H,3H2,1-2H3,(H,21,24,27). The van der Waals surface area contributed by atoms with E-state index in [0.29, 0.717) is 17.9 Å². The second kappa shape index (κ2) is 7.59. The van der Waals surface area contributed by atoms with Crippen molar-refractivity contribution in [3.05, 3.63) is 59.2 Å². The molecular formula is C20H18N2O4S. The van der Waals surface area contributed by atoms with Crippen molar-refractivity contribution >= 4 is 40.9 Å². The molecule has 0 aromatic heterocycles. The van der Waals surface area contributed by atoms with Crippen molar-refractivity contribution in [3.63, 3.8) is 0 Å². The van der Waals surface area contributed by atoms with E-state index in [1.165, 1.54) is 17.0 Å². The summed E-state index contributed by atoms with van der Waals surface area (Å²) in [6.45, 7) is 4.03. The highest BCUT2D eigenvalue weighted by molar-refractivity contribution is 7.80. The van der Waals surface area contributed by atoms with Gasteiger partial charge in [0.1, 0.15) is 5.57 Å². The maximum atomic E-state index is 13.0. The zero-order valence-electron chi connectivity index (χ0n) is 14.9. The molecule has 138 valence electrons. The minimum Gasteiger partial charge on any atom is -0.504 e. The molecule has 2 amide bonds. The number of amides is 2. The molecule has 7 heteroatoms. The molecule has 0 atom stereocenters. The van der Waals surface area contributed by atoms with Crippen LogP contribution in [0.2, 0.25) is 0 Å². The number of para-hydroxylation sites is 1.